The molecule has 1 aromatic heterocycles. The second-order valence-corrected chi connectivity index (χ2v) is 5.87. The number of hydrogen-bond acceptors (Lipinski definition) is 4. The maximum absolute atomic E-state index is 9.62. The number of nitriles is 1. The molecule has 1 heterocycles. The number of aromatic amines is 1. The number of methoxy groups -OCH3 is 1. The van der Waals surface area contributed by atoms with E-state index in [-0.39, 0.29) is 0 Å². The van der Waals surface area contributed by atoms with Crippen LogP contribution in [0.1, 0.15) is 25.2 Å². The van der Waals surface area contributed by atoms with Gasteiger partial charge in [0.1, 0.15) is 17.6 Å². The largest absolute Gasteiger partial charge is 0.496 e. The number of aromatic nitrogens is 2. The van der Waals surface area contributed by atoms with Crippen LogP contribution in [0.25, 0.3) is 22.7 Å². The number of H-pyrrole nitrogens is 1. The van der Waals surface area contributed by atoms with E-state index in [9.17, 15) is 5.26 Å². The van der Waals surface area contributed by atoms with Gasteiger partial charge in [-0.1, -0.05) is 12.1 Å². The quantitative estimate of drug-likeness (QED) is 0.668. The first kappa shape index (κ1) is 17.6. The smallest absolute Gasteiger partial charge is 0.149 e. The average molecular weight is 346 g/mol. The van der Waals surface area contributed by atoms with Gasteiger partial charge in [0, 0.05) is 30.4 Å². The fourth-order valence-corrected chi connectivity index (χ4v) is 2.99. The second-order valence-electron chi connectivity index (χ2n) is 5.87. The summed E-state index contributed by atoms with van der Waals surface area (Å²) in [5.41, 5.74) is 4.17. The zero-order chi connectivity index (χ0) is 18.5. The molecular weight excluding hydrogens is 324 g/mol. The number of imidazole rings is 1. The summed E-state index contributed by atoms with van der Waals surface area (Å²) in [5, 5.41) is 9.62. The molecule has 3 rings (SSSR count). The number of anilines is 1. The molecule has 0 saturated heterocycles. The maximum Gasteiger partial charge on any atom is 0.149 e. The molecule has 2 aromatic carbocycles. The fraction of sp³-hybridized carbons (Fsp3) is 0.238. The van der Waals surface area contributed by atoms with E-state index >= 15 is 0 Å². The summed E-state index contributed by atoms with van der Waals surface area (Å²) < 4.78 is 5.55. The zero-order valence-corrected chi connectivity index (χ0v) is 15.3. The minimum atomic E-state index is 0.468. The predicted octanol–water partition coefficient (Wildman–Crippen LogP) is 4.48. The molecule has 5 nitrogen and oxygen atoms in total. The van der Waals surface area contributed by atoms with E-state index < -0.39 is 0 Å². The summed E-state index contributed by atoms with van der Waals surface area (Å²) in [6.07, 6.45) is 1.81. The van der Waals surface area contributed by atoms with Crippen molar-refractivity contribution in [3.8, 4) is 11.8 Å². The van der Waals surface area contributed by atoms with Crippen LogP contribution >= 0.6 is 0 Å². The summed E-state index contributed by atoms with van der Waals surface area (Å²) in [6, 6.07) is 16.0. The lowest BCUT2D eigenvalue weighted by Crippen LogP contribution is -2.21. The lowest BCUT2D eigenvalue weighted by atomic mass is 10.1. The Morgan fingerprint density at radius 3 is 2.65 bits per heavy atom. The molecule has 0 amide bonds. The van der Waals surface area contributed by atoms with Gasteiger partial charge < -0.3 is 14.6 Å². The zero-order valence-electron chi connectivity index (χ0n) is 15.3. The van der Waals surface area contributed by atoms with Gasteiger partial charge in [0.2, 0.25) is 0 Å². The summed E-state index contributed by atoms with van der Waals surface area (Å²) >= 11 is 0. The standard InChI is InChI=1S/C21H22N4O/c1-4-25(5-2)17-11-10-15(20(13-17)26-3)12-16(14-22)21-23-18-8-6-7-9-19(18)24-21/h6-13H,4-5H2,1-3H3,(H,23,24)/b16-12-. The Labute approximate surface area is 153 Å². The number of allylic oxidation sites excluding steroid dienone is 1. The summed E-state index contributed by atoms with van der Waals surface area (Å²) in [7, 11) is 1.64. The van der Waals surface area contributed by atoms with Crippen LogP contribution in [0.3, 0.4) is 0 Å². The fourth-order valence-electron chi connectivity index (χ4n) is 2.99. The summed E-state index contributed by atoms with van der Waals surface area (Å²) in [6.45, 7) is 6.10. The highest BCUT2D eigenvalue weighted by Crippen LogP contribution is 2.29. The third kappa shape index (κ3) is 3.40. The molecule has 0 radical (unpaired) electrons. The molecule has 0 atom stereocenters. The first-order chi connectivity index (χ1) is 12.7. The number of ether oxygens (including phenoxy) is 1. The highest BCUT2D eigenvalue weighted by Gasteiger charge is 2.11. The first-order valence-electron chi connectivity index (χ1n) is 8.70. The first-order valence-corrected chi connectivity index (χ1v) is 8.70. The SMILES string of the molecule is CCN(CC)c1ccc(/C=C(/C#N)c2nc3ccccc3[nH]2)c(OC)c1. The van der Waals surface area contributed by atoms with Gasteiger partial charge in [0.15, 0.2) is 0 Å². The summed E-state index contributed by atoms with van der Waals surface area (Å²) in [5.74, 6) is 1.29. The van der Waals surface area contributed by atoms with Crippen molar-refractivity contribution in [2.24, 2.45) is 0 Å². The van der Waals surface area contributed by atoms with Crippen molar-refractivity contribution in [1.82, 2.24) is 9.97 Å². The molecule has 3 aromatic rings. The molecule has 0 aliphatic rings. The number of benzene rings is 2. The van der Waals surface area contributed by atoms with Crippen molar-refractivity contribution in [2.45, 2.75) is 13.8 Å². The lowest BCUT2D eigenvalue weighted by molar-refractivity contribution is 0.414. The van der Waals surface area contributed by atoms with Crippen LogP contribution < -0.4 is 9.64 Å². The molecular formula is C21H22N4O. The third-order valence-electron chi connectivity index (χ3n) is 4.41. The van der Waals surface area contributed by atoms with E-state index in [2.05, 4.69) is 40.9 Å². The van der Waals surface area contributed by atoms with Crippen LogP contribution in [0.4, 0.5) is 5.69 Å². The van der Waals surface area contributed by atoms with E-state index in [1.165, 1.54) is 0 Å². The van der Waals surface area contributed by atoms with Crippen molar-refractivity contribution in [3.05, 3.63) is 53.9 Å². The summed E-state index contributed by atoms with van der Waals surface area (Å²) in [4.78, 5) is 9.96. The Morgan fingerprint density at radius 1 is 1.23 bits per heavy atom. The minimum absolute atomic E-state index is 0.468. The van der Waals surface area contributed by atoms with Gasteiger partial charge in [-0.15, -0.1) is 0 Å². The number of hydrogen-bond donors (Lipinski definition) is 1. The Bertz CT molecular complexity index is 944. The van der Waals surface area contributed by atoms with E-state index in [4.69, 9.17) is 4.74 Å². The molecule has 0 saturated carbocycles. The Kier molecular flexibility index (Phi) is 5.23. The van der Waals surface area contributed by atoms with Crippen molar-refractivity contribution in [1.29, 1.82) is 5.26 Å². The van der Waals surface area contributed by atoms with Gasteiger partial charge in [0.05, 0.1) is 23.7 Å². The molecule has 0 spiro atoms. The monoisotopic (exact) mass is 346 g/mol. The topological polar surface area (TPSA) is 64.9 Å². The molecule has 132 valence electrons. The van der Waals surface area contributed by atoms with Crippen LogP contribution in [0.15, 0.2) is 42.5 Å². The number of para-hydroxylation sites is 2. The van der Waals surface area contributed by atoms with Crippen LogP contribution in [0.2, 0.25) is 0 Å². The number of fused-ring (bicyclic) bond motifs is 1. The number of rotatable bonds is 6. The van der Waals surface area contributed by atoms with Gasteiger partial charge in [-0.2, -0.15) is 5.26 Å². The van der Waals surface area contributed by atoms with Gasteiger partial charge in [0.25, 0.3) is 0 Å². The van der Waals surface area contributed by atoms with Crippen molar-refractivity contribution < 1.29 is 4.74 Å². The van der Waals surface area contributed by atoms with Crippen LogP contribution in [-0.2, 0) is 0 Å². The van der Waals surface area contributed by atoms with Crippen molar-refractivity contribution in [3.63, 3.8) is 0 Å². The normalized spacial score (nSPS) is 11.4. The van der Waals surface area contributed by atoms with E-state index in [0.29, 0.717) is 11.4 Å². The van der Waals surface area contributed by atoms with Crippen molar-refractivity contribution in [2.75, 3.05) is 25.1 Å². The maximum atomic E-state index is 9.62. The van der Waals surface area contributed by atoms with Crippen LogP contribution in [0, 0.1) is 11.3 Å². The Morgan fingerprint density at radius 2 is 2.00 bits per heavy atom. The van der Waals surface area contributed by atoms with Gasteiger partial charge >= 0.3 is 0 Å². The highest BCUT2D eigenvalue weighted by atomic mass is 16.5. The molecule has 0 bridgehead atoms. The van der Waals surface area contributed by atoms with Crippen LogP contribution in [-0.4, -0.2) is 30.2 Å². The van der Waals surface area contributed by atoms with Gasteiger partial charge in [-0.25, -0.2) is 4.98 Å². The van der Waals surface area contributed by atoms with E-state index in [1.807, 2.05) is 42.5 Å². The Balaban J connectivity index is 2.02. The Hall–Kier alpha value is -3.26. The molecule has 0 unspecified atom stereocenters. The lowest BCUT2D eigenvalue weighted by Gasteiger charge is -2.22. The molecule has 5 heteroatoms. The van der Waals surface area contributed by atoms with Gasteiger partial charge in [-0.05, 0) is 44.2 Å². The molecule has 0 fully saturated rings. The molecule has 1 N–H and O–H groups in total. The van der Waals surface area contributed by atoms with E-state index in [0.717, 1.165) is 41.1 Å². The van der Waals surface area contributed by atoms with Crippen LogP contribution in [0.5, 0.6) is 5.75 Å². The van der Waals surface area contributed by atoms with Crippen molar-refractivity contribution >= 4 is 28.4 Å². The minimum Gasteiger partial charge on any atom is -0.496 e. The number of nitrogens with zero attached hydrogens (tertiary/aromatic N) is 3. The molecule has 26 heavy (non-hydrogen) atoms. The second kappa shape index (κ2) is 7.75. The number of nitrogens with one attached hydrogen (secondary N) is 1. The third-order valence-corrected chi connectivity index (χ3v) is 4.41. The van der Waals surface area contributed by atoms with Gasteiger partial charge in [-0.3, -0.25) is 0 Å². The van der Waals surface area contributed by atoms with E-state index in [1.54, 1.807) is 7.11 Å². The molecule has 0 aliphatic heterocycles. The molecule has 0 aliphatic carbocycles. The highest BCUT2D eigenvalue weighted by molar-refractivity contribution is 5.91. The predicted molar refractivity (Wildman–Crippen MR) is 106 cm³/mol. The average Bonchev–Trinajstić information content (AvgIpc) is 3.11.